The molecule has 0 aliphatic carbocycles. The van der Waals surface area contributed by atoms with E-state index in [-0.39, 0.29) is 24.0 Å². The molecule has 1 aliphatic heterocycles. The molecular weight excluding hydrogens is 310 g/mol. The molecule has 1 saturated heterocycles. The number of hydrogen-bond donors (Lipinski definition) is 1. The molecule has 0 spiro atoms. The molecular formula is C18H23NO5. The lowest BCUT2D eigenvalue weighted by molar-refractivity contribution is -0.148. The van der Waals surface area contributed by atoms with E-state index in [0.29, 0.717) is 36.4 Å². The number of piperidine rings is 1. The minimum atomic E-state index is -0.801. The maximum absolute atomic E-state index is 12.6. The SMILES string of the molecule is COc1ccc(C(C)=O)cc1CC(=O)N1CCC(C(=O)O)C(C)C1. The van der Waals surface area contributed by atoms with Gasteiger partial charge in [0.1, 0.15) is 5.75 Å². The summed E-state index contributed by atoms with van der Waals surface area (Å²) in [7, 11) is 1.52. The summed E-state index contributed by atoms with van der Waals surface area (Å²) in [6.07, 6.45) is 0.599. The first kappa shape index (κ1) is 18.0. The fraction of sp³-hybridized carbons (Fsp3) is 0.500. The van der Waals surface area contributed by atoms with Crippen molar-refractivity contribution in [2.75, 3.05) is 20.2 Å². The fourth-order valence-electron chi connectivity index (χ4n) is 3.15. The van der Waals surface area contributed by atoms with Crippen LogP contribution in [0.15, 0.2) is 18.2 Å². The number of benzene rings is 1. The van der Waals surface area contributed by atoms with E-state index in [2.05, 4.69) is 0 Å². The molecule has 130 valence electrons. The average molecular weight is 333 g/mol. The van der Waals surface area contributed by atoms with E-state index in [4.69, 9.17) is 9.84 Å². The molecule has 0 aromatic heterocycles. The lowest BCUT2D eigenvalue weighted by Gasteiger charge is -2.35. The fourth-order valence-corrected chi connectivity index (χ4v) is 3.15. The standard InChI is InChI=1S/C18H23NO5/c1-11-10-19(7-6-15(11)18(22)23)17(21)9-14-8-13(12(2)20)4-5-16(14)24-3/h4-5,8,11,15H,6-7,9-10H2,1-3H3,(H,22,23). The van der Waals surface area contributed by atoms with E-state index in [0.717, 1.165) is 0 Å². The molecule has 0 radical (unpaired) electrons. The van der Waals surface area contributed by atoms with Crippen LogP contribution in [-0.4, -0.2) is 47.9 Å². The summed E-state index contributed by atoms with van der Waals surface area (Å²) in [5.74, 6) is -0.852. The molecule has 1 aromatic rings. The van der Waals surface area contributed by atoms with Crippen molar-refractivity contribution in [3.05, 3.63) is 29.3 Å². The Labute approximate surface area is 141 Å². The lowest BCUT2D eigenvalue weighted by Crippen LogP contribution is -2.45. The summed E-state index contributed by atoms with van der Waals surface area (Å²) in [6.45, 7) is 4.21. The van der Waals surface area contributed by atoms with E-state index in [1.165, 1.54) is 14.0 Å². The van der Waals surface area contributed by atoms with E-state index < -0.39 is 11.9 Å². The van der Waals surface area contributed by atoms with Crippen molar-refractivity contribution in [2.24, 2.45) is 11.8 Å². The quantitative estimate of drug-likeness (QED) is 0.833. The smallest absolute Gasteiger partial charge is 0.306 e. The highest BCUT2D eigenvalue weighted by atomic mass is 16.5. The number of likely N-dealkylation sites (tertiary alicyclic amines) is 1. The number of carboxylic acids is 1. The third kappa shape index (κ3) is 3.93. The molecule has 0 bridgehead atoms. The molecule has 2 unspecified atom stereocenters. The molecule has 1 heterocycles. The van der Waals surface area contributed by atoms with Gasteiger partial charge in [-0.3, -0.25) is 14.4 Å². The number of ether oxygens (including phenoxy) is 1. The molecule has 1 amide bonds. The topological polar surface area (TPSA) is 83.9 Å². The van der Waals surface area contributed by atoms with Gasteiger partial charge in [-0.25, -0.2) is 0 Å². The first-order chi connectivity index (χ1) is 11.3. The number of rotatable bonds is 5. The summed E-state index contributed by atoms with van der Waals surface area (Å²) in [5.41, 5.74) is 1.21. The van der Waals surface area contributed by atoms with Gasteiger partial charge in [0.05, 0.1) is 19.4 Å². The van der Waals surface area contributed by atoms with Gasteiger partial charge in [0.15, 0.2) is 5.78 Å². The first-order valence-corrected chi connectivity index (χ1v) is 8.02. The van der Waals surface area contributed by atoms with Gasteiger partial charge in [0.2, 0.25) is 5.91 Å². The van der Waals surface area contributed by atoms with Gasteiger partial charge in [-0.15, -0.1) is 0 Å². The van der Waals surface area contributed by atoms with Crippen LogP contribution in [0.4, 0.5) is 0 Å². The van der Waals surface area contributed by atoms with Crippen molar-refractivity contribution in [1.29, 1.82) is 0 Å². The van der Waals surface area contributed by atoms with E-state index in [9.17, 15) is 14.4 Å². The number of Topliss-reactive ketones (excluding diaryl/α,β-unsaturated/α-hetero) is 1. The predicted octanol–water partition coefficient (Wildman–Crippen LogP) is 2.01. The second-order valence-corrected chi connectivity index (χ2v) is 6.31. The first-order valence-electron chi connectivity index (χ1n) is 8.02. The Kier molecular flexibility index (Phi) is 5.59. The van der Waals surface area contributed by atoms with Crippen LogP contribution < -0.4 is 4.74 Å². The van der Waals surface area contributed by atoms with Crippen LogP contribution in [0.1, 0.15) is 36.2 Å². The van der Waals surface area contributed by atoms with Crippen LogP contribution in [0.2, 0.25) is 0 Å². The summed E-state index contributed by atoms with van der Waals surface area (Å²) in [5, 5.41) is 9.17. The van der Waals surface area contributed by atoms with Gasteiger partial charge >= 0.3 is 5.97 Å². The molecule has 24 heavy (non-hydrogen) atoms. The minimum Gasteiger partial charge on any atom is -0.496 e. The molecule has 6 heteroatoms. The lowest BCUT2D eigenvalue weighted by atomic mass is 9.87. The number of methoxy groups -OCH3 is 1. The Balaban J connectivity index is 2.11. The number of amides is 1. The Morgan fingerprint density at radius 1 is 1.33 bits per heavy atom. The molecule has 1 fully saturated rings. The number of hydrogen-bond acceptors (Lipinski definition) is 4. The number of carbonyl (C=O) groups excluding carboxylic acids is 2. The number of nitrogens with zero attached hydrogens (tertiary/aromatic N) is 1. The summed E-state index contributed by atoms with van der Waals surface area (Å²) < 4.78 is 5.28. The van der Waals surface area contributed by atoms with Gasteiger partial charge in [0, 0.05) is 24.2 Å². The van der Waals surface area contributed by atoms with Gasteiger partial charge in [0.25, 0.3) is 0 Å². The van der Waals surface area contributed by atoms with Crippen molar-refractivity contribution < 1.29 is 24.2 Å². The van der Waals surface area contributed by atoms with Crippen LogP contribution in [-0.2, 0) is 16.0 Å². The summed E-state index contributed by atoms with van der Waals surface area (Å²) in [6, 6.07) is 5.06. The van der Waals surface area contributed by atoms with Crippen molar-refractivity contribution in [3.63, 3.8) is 0 Å². The molecule has 2 rings (SSSR count). The highest BCUT2D eigenvalue weighted by Gasteiger charge is 2.33. The van der Waals surface area contributed by atoms with Crippen LogP contribution in [0, 0.1) is 11.8 Å². The third-order valence-electron chi connectivity index (χ3n) is 4.60. The van der Waals surface area contributed by atoms with Gasteiger partial charge < -0.3 is 14.7 Å². The second kappa shape index (κ2) is 7.47. The third-order valence-corrected chi connectivity index (χ3v) is 4.60. The predicted molar refractivity (Wildman–Crippen MR) is 88.2 cm³/mol. The van der Waals surface area contributed by atoms with Gasteiger partial charge in [-0.2, -0.15) is 0 Å². The van der Waals surface area contributed by atoms with Crippen molar-refractivity contribution in [2.45, 2.75) is 26.7 Å². The van der Waals surface area contributed by atoms with Gasteiger partial charge in [-0.1, -0.05) is 6.92 Å². The summed E-state index contributed by atoms with van der Waals surface area (Å²) >= 11 is 0. The summed E-state index contributed by atoms with van der Waals surface area (Å²) in [4.78, 5) is 37.0. The molecule has 1 aliphatic rings. The maximum Gasteiger partial charge on any atom is 0.306 e. The van der Waals surface area contributed by atoms with Crippen molar-refractivity contribution in [1.82, 2.24) is 4.90 Å². The normalized spacial score (nSPS) is 20.5. The number of carbonyl (C=O) groups is 3. The van der Waals surface area contributed by atoms with Crippen molar-refractivity contribution >= 4 is 17.7 Å². The average Bonchev–Trinajstić information content (AvgIpc) is 2.54. The Bertz CT molecular complexity index is 655. The van der Waals surface area contributed by atoms with Crippen LogP contribution in [0.3, 0.4) is 0 Å². The van der Waals surface area contributed by atoms with Crippen LogP contribution in [0.25, 0.3) is 0 Å². The van der Waals surface area contributed by atoms with E-state index in [1.54, 1.807) is 23.1 Å². The number of aliphatic carboxylic acids is 1. The van der Waals surface area contributed by atoms with Crippen LogP contribution in [0.5, 0.6) is 5.75 Å². The van der Waals surface area contributed by atoms with Crippen molar-refractivity contribution in [3.8, 4) is 5.75 Å². The zero-order valence-electron chi connectivity index (χ0n) is 14.2. The highest BCUT2D eigenvalue weighted by Crippen LogP contribution is 2.26. The molecule has 1 N–H and O–H groups in total. The maximum atomic E-state index is 12.6. The zero-order chi connectivity index (χ0) is 17.9. The Morgan fingerprint density at radius 2 is 2.04 bits per heavy atom. The zero-order valence-corrected chi connectivity index (χ0v) is 14.2. The highest BCUT2D eigenvalue weighted by molar-refractivity contribution is 5.94. The van der Waals surface area contributed by atoms with Gasteiger partial charge in [-0.05, 0) is 37.5 Å². The van der Waals surface area contributed by atoms with E-state index in [1.807, 2.05) is 6.92 Å². The van der Waals surface area contributed by atoms with E-state index >= 15 is 0 Å². The minimum absolute atomic E-state index is 0.0674. The Morgan fingerprint density at radius 3 is 2.58 bits per heavy atom. The van der Waals surface area contributed by atoms with Crippen LogP contribution >= 0.6 is 0 Å². The monoisotopic (exact) mass is 333 g/mol. The number of carboxylic acid groups (broad SMARTS) is 1. The number of ketones is 1. The largest absolute Gasteiger partial charge is 0.496 e. The molecule has 1 aromatic carbocycles. The Hall–Kier alpha value is -2.37. The second-order valence-electron chi connectivity index (χ2n) is 6.31. The molecule has 6 nitrogen and oxygen atoms in total. The molecule has 2 atom stereocenters. The molecule has 0 saturated carbocycles.